The van der Waals surface area contributed by atoms with E-state index in [0.29, 0.717) is 11.8 Å². The Hall–Kier alpha value is -1.41. The molecule has 148 valence electrons. The second kappa shape index (κ2) is 10.2. The first-order valence-corrected chi connectivity index (χ1v) is 11.2. The highest BCUT2D eigenvalue weighted by Gasteiger charge is 2.40. The smallest absolute Gasteiger partial charge is 0.129 e. The molecule has 0 saturated heterocycles. The van der Waals surface area contributed by atoms with Crippen LogP contribution >= 0.6 is 0 Å². The lowest BCUT2D eigenvalue weighted by Crippen LogP contribution is -2.35. The molecule has 0 aliphatic heterocycles. The molecule has 1 aromatic carbocycles. The van der Waals surface area contributed by atoms with E-state index >= 15 is 0 Å². The topological polar surface area (TPSA) is 29.1 Å². The van der Waals surface area contributed by atoms with Crippen LogP contribution in [0, 0.1) is 11.8 Å². The average Bonchev–Trinajstić information content (AvgIpc) is 3.44. The van der Waals surface area contributed by atoms with Crippen LogP contribution in [0.15, 0.2) is 35.9 Å². The van der Waals surface area contributed by atoms with E-state index in [4.69, 9.17) is 0 Å². The Balaban J connectivity index is 1.37. The van der Waals surface area contributed by atoms with E-state index in [-0.39, 0.29) is 0 Å². The van der Waals surface area contributed by atoms with Gasteiger partial charge in [-0.15, -0.1) is 0 Å². The minimum Gasteiger partial charge on any atom is -0.311 e. The van der Waals surface area contributed by atoms with Gasteiger partial charge in [-0.05, 0) is 69.3 Å². The molecule has 0 bridgehead atoms. The van der Waals surface area contributed by atoms with Gasteiger partial charge in [-0.2, -0.15) is 0 Å². The van der Waals surface area contributed by atoms with Gasteiger partial charge in [0.2, 0.25) is 0 Å². The van der Waals surface area contributed by atoms with Crippen molar-refractivity contribution in [3.8, 4) is 0 Å². The van der Waals surface area contributed by atoms with Crippen molar-refractivity contribution in [3.05, 3.63) is 41.5 Å². The summed E-state index contributed by atoms with van der Waals surface area (Å²) in [5.41, 5.74) is 2.95. The number of benzene rings is 1. The largest absolute Gasteiger partial charge is 0.311 e. The Morgan fingerprint density at radius 2 is 1.85 bits per heavy atom. The SMILES string of the molecule is CC/C(=C\c1ccccc1)[C@@H]1C[C@H]1NC1CCC(CCCCC(C)=O)CC1. The van der Waals surface area contributed by atoms with Gasteiger partial charge in [-0.1, -0.05) is 61.7 Å². The third kappa shape index (κ3) is 6.60. The molecule has 2 atom stereocenters. The third-order valence-electron chi connectivity index (χ3n) is 6.51. The molecule has 2 nitrogen and oxygen atoms in total. The summed E-state index contributed by atoms with van der Waals surface area (Å²) in [6.45, 7) is 4.00. The number of Topliss-reactive ketones (excluding diaryl/α,β-unsaturated/α-hetero) is 1. The number of unbranched alkanes of at least 4 members (excludes halogenated alkanes) is 1. The van der Waals surface area contributed by atoms with Crippen molar-refractivity contribution in [2.75, 3.05) is 0 Å². The number of carbonyl (C=O) groups excluding carboxylic acids is 1. The maximum Gasteiger partial charge on any atom is 0.129 e. The summed E-state index contributed by atoms with van der Waals surface area (Å²) in [7, 11) is 0. The lowest BCUT2D eigenvalue weighted by molar-refractivity contribution is -0.117. The van der Waals surface area contributed by atoms with Gasteiger partial charge in [0.1, 0.15) is 5.78 Å². The summed E-state index contributed by atoms with van der Waals surface area (Å²) in [4.78, 5) is 11.0. The van der Waals surface area contributed by atoms with Gasteiger partial charge in [-0.3, -0.25) is 0 Å². The van der Waals surface area contributed by atoms with Crippen LogP contribution in [0.1, 0.15) is 83.6 Å². The van der Waals surface area contributed by atoms with Crippen LogP contribution in [-0.4, -0.2) is 17.9 Å². The van der Waals surface area contributed by atoms with Crippen LogP contribution in [0.4, 0.5) is 0 Å². The minimum absolute atomic E-state index is 0.342. The van der Waals surface area contributed by atoms with E-state index in [1.807, 2.05) is 0 Å². The van der Waals surface area contributed by atoms with Gasteiger partial charge in [0.15, 0.2) is 0 Å². The molecule has 1 aromatic rings. The Morgan fingerprint density at radius 1 is 1.11 bits per heavy atom. The van der Waals surface area contributed by atoms with Crippen molar-refractivity contribution in [2.45, 2.75) is 90.1 Å². The normalized spacial score (nSPS) is 28.1. The predicted octanol–water partition coefficient (Wildman–Crippen LogP) is 6.17. The van der Waals surface area contributed by atoms with Crippen molar-refractivity contribution < 1.29 is 4.79 Å². The number of hydrogen-bond donors (Lipinski definition) is 1. The molecule has 2 heteroatoms. The zero-order chi connectivity index (χ0) is 19.1. The highest BCUT2D eigenvalue weighted by Crippen LogP contribution is 2.41. The maximum absolute atomic E-state index is 11.0. The molecule has 2 aliphatic rings. The number of nitrogens with one attached hydrogen (secondary N) is 1. The van der Waals surface area contributed by atoms with Gasteiger partial charge in [0.25, 0.3) is 0 Å². The van der Waals surface area contributed by atoms with Crippen LogP contribution in [0.5, 0.6) is 0 Å². The highest BCUT2D eigenvalue weighted by atomic mass is 16.1. The summed E-state index contributed by atoms with van der Waals surface area (Å²) in [6.07, 6.45) is 14.7. The molecular formula is C25H37NO. The van der Waals surface area contributed by atoms with Crippen LogP contribution in [0.25, 0.3) is 6.08 Å². The molecule has 2 saturated carbocycles. The zero-order valence-corrected chi connectivity index (χ0v) is 17.3. The maximum atomic E-state index is 11.0. The van der Waals surface area contributed by atoms with E-state index in [9.17, 15) is 4.79 Å². The molecule has 2 fully saturated rings. The van der Waals surface area contributed by atoms with E-state index in [1.54, 1.807) is 12.5 Å². The van der Waals surface area contributed by atoms with Gasteiger partial charge in [0.05, 0.1) is 0 Å². The Morgan fingerprint density at radius 3 is 2.52 bits per heavy atom. The second-order valence-corrected chi connectivity index (χ2v) is 8.76. The van der Waals surface area contributed by atoms with Crippen molar-refractivity contribution in [1.29, 1.82) is 0 Å². The number of hydrogen-bond acceptors (Lipinski definition) is 2. The number of ketones is 1. The fourth-order valence-corrected chi connectivity index (χ4v) is 4.75. The monoisotopic (exact) mass is 367 g/mol. The first kappa shape index (κ1) is 20.3. The molecule has 0 radical (unpaired) electrons. The lowest BCUT2D eigenvalue weighted by atomic mass is 9.83. The molecule has 1 N–H and O–H groups in total. The molecule has 27 heavy (non-hydrogen) atoms. The summed E-state index contributed by atoms with van der Waals surface area (Å²) < 4.78 is 0. The molecule has 0 unspecified atom stereocenters. The molecule has 3 rings (SSSR count). The Labute approximate surface area is 165 Å². The van der Waals surface area contributed by atoms with Crippen LogP contribution in [-0.2, 0) is 4.79 Å². The summed E-state index contributed by atoms with van der Waals surface area (Å²) >= 11 is 0. The molecule has 2 aliphatic carbocycles. The van der Waals surface area contributed by atoms with Crippen molar-refractivity contribution in [3.63, 3.8) is 0 Å². The zero-order valence-electron chi connectivity index (χ0n) is 17.3. The van der Waals surface area contributed by atoms with Crippen LogP contribution in [0.2, 0.25) is 0 Å². The standard InChI is InChI=1S/C25H37NO/c1-3-22(17-21-11-5-4-6-12-21)24-18-25(24)26-23-15-13-20(14-16-23)10-8-7-9-19(2)27/h4-6,11-12,17,20,23-26H,3,7-10,13-16,18H2,1-2H3/b22-17+/t20?,23?,24-,25+/m0/s1. The van der Waals surface area contributed by atoms with E-state index in [0.717, 1.165) is 37.1 Å². The fraction of sp³-hybridized carbons (Fsp3) is 0.640. The minimum atomic E-state index is 0.342. The van der Waals surface area contributed by atoms with E-state index in [1.165, 1.54) is 50.5 Å². The quantitative estimate of drug-likeness (QED) is 0.501. The molecule has 0 aromatic heterocycles. The van der Waals surface area contributed by atoms with E-state index in [2.05, 4.69) is 48.6 Å². The summed E-state index contributed by atoms with van der Waals surface area (Å²) in [5, 5.41) is 3.96. The molecule has 0 heterocycles. The first-order chi connectivity index (χ1) is 13.2. The van der Waals surface area contributed by atoms with Gasteiger partial charge in [0, 0.05) is 18.5 Å². The molecule has 0 amide bonds. The van der Waals surface area contributed by atoms with E-state index < -0.39 is 0 Å². The number of carbonyl (C=O) groups is 1. The summed E-state index contributed by atoms with van der Waals surface area (Å²) in [5.74, 6) is 1.99. The first-order valence-electron chi connectivity index (χ1n) is 11.2. The van der Waals surface area contributed by atoms with Gasteiger partial charge < -0.3 is 10.1 Å². The summed E-state index contributed by atoms with van der Waals surface area (Å²) in [6, 6.07) is 12.2. The highest BCUT2D eigenvalue weighted by molar-refractivity contribution is 5.75. The predicted molar refractivity (Wildman–Crippen MR) is 115 cm³/mol. The van der Waals surface area contributed by atoms with Crippen LogP contribution < -0.4 is 5.32 Å². The van der Waals surface area contributed by atoms with Crippen molar-refractivity contribution in [1.82, 2.24) is 5.32 Å². The van der Waals surface area contributed by atoms with Gasteiger partial charge in [-0.25, -0.2) is 0 Å². The average molecular weight is 368 g/mol. The lowest BCUT2D eigenvalue weighted by Gasteiger charge is -2.29. The van der Waals surface area contributed by atoms with Crippen molar-refractivity contribution in [2.24, 2.45) is 11.8 Å². The Kier molecular flexibility index (Phi) is 7.70. The molecular weight excluding hydrogens is 330 g/mol. The third-order valence-corrected chi connectivity index (χ3v) is 6.51. The molecule has 0 spiro atoms. The van der Waals surface area contributed by atoms with Crippen LogP contribution in [0.3, 0.4) is 0 Å². The fourth-order valence-electron chi connectivity index (χ4n) is 4.75. The number of rotatable bonds is 10. The Bertz CT molecular complexity index is 612. The van der Waals surface area contributed by atoms with Gasteiger partial charge >= 0.3 is 0 Å². The second-order valence-electron chi connectivity index (χ2n) is 8.76. The van der Waals surface area contributed by atoms with Crippen molar-refractivity contribution >= 4 is 11.9 Å².